The SMILES string of the molecule is O=C(O)[C@H]1CCCCN1S(=O)(=O)c1ccc2c(c1)OCCO2. The first-order valence-electron chi connectivity index (χ1n) is 7.14. The summed E-state index contributed by atoms with van der Waals surface area (Å²) in [5.41, 5.74) is 0. The van der Waals surface area contributed by atoms with Crippen molar-refractivity contribution in [2.45, 2.75) is 30.2 Å². The Bertz CT molecular complexity index is 687. The Kier molecular flexibility index (Phi) is 3.96. The minimum Gasteiger partial charge on any atom is -0.486 e. The molecule has 22 heavy (non-hydrogen) atoms. The fourth-order valence-electron chi connectivity index (χ4n) is 2.76. The first-order chi connectivity index (χ1) is 10.5. The summed E-state index contributed by atoms with van der Waals surface area (Å²) in [6, 6.07) is 3.36. The minimum atomic E-state index is -3.87. The van der Waals surface area contributed by atoms with E-state index >= 15 is 0 Å². The molecule has 0 spiro atoms. The third-order valence-corrected chi connectivity index (χ3v) is 5.76. The zero-order valence-electron chi connectivity index (χ0n) is 11.9. The number of benzene rings is 1. The topological polar surface area (TPSA) is 93.1 Å². The van der Waals surface area contributed by atoms with Crippen LogP contribution in [-0.4, -0.2) is 49.6 Å². The first-order valence-corrected chi connectivity index (χ1v) is 8.58. The van der Waals surface area contributed by atoms with E-state index < -0.39 is 22.0 Å². The summed E-state index contributed by atoms with van der Waals surface area (Å²) in [6.45, 7) is 0.998. The van der Waals surface area contributed by atoms with Crippen molar-refractivity contribution in [3.05, 3.63) is 18.2 Å². The highest BCUT2D eigenvalue weighted by molar-refractivity contribution is 7.89. The van der Waals surface area contributed by atoms with Crippen molar-refractivity contribution >= 4 is 16.0 Å². The Balaban J connectivity index is 1.96. The Morgan fingerprint density at radius 2 is 1.91 bits per heavy atom. The maximum Gasteiger partial charge on any atom is 0.322 e. The monoisotopic (exact) mass is 327 g/mol. The fraction of sp³-hybridized carbons (Fsp3) is 0.500. The van der Waals surface area contributed by atoms with Crippen LogP contribution in [0, 0.1) is 0 Å². The highest BCUT2D eigenvalue weighted by Gasteiger charge is 2.38. The Morgan fingerprint density at radius 3 is 2.64 bits per heavy atom. The summed E-state index contributed by atoms with van der Waals surface area (Å²) in [5.74, 6) is -0.240. The summed E-state index contributed by atoms with van der Waals surface area (Å²) in [5, 5.41) is 9.26. The summed E-state index contributed by atoms with van der Waals surface area (Å²) in [6.07, 6.45) is 1.71. The van der Waals surface area contributed by atoms with Gasteiger partial charge in [0.15, 0.2) is 11.5 Å². The third-order valence-electron chi connectivity index (χ3n) is 3.86. The number of nitrogens with zero attached hydrogens (tertiary/aromatic N) is 1. The lowest BCUT2D eigenvalue weighted by Gasteiger charge is -2.32. The molecule has 1 fully saturated rings. The maximum absolute atomic E-state index is 12.8. The first kappa shape index (κ1) is 15.1. The summed E-state index contributed by atoms with van der Waals surface area (Å²) < 4.78 is 37.3. The molecule has 2 heterocycles. The molecule has 0 radical (unpaired) electrons. The standard InChI is InChI=1S/C14H17NO6S/c16-14(17)11-3-1-2-6-15(11)22(18,19)10-4-5-12-13(9-10)21-8-7-20-12/h4-5,9,11H,1-3,6-8H2,(H,16,17)/t11-/m1/s1. The van der Waals surface area contributed by atoms with Gasteiger partial charge in [-0.3, -0.25) is 4.79 Å². The molecule has 2 aliphatic heterocycles. The van der Waals surface area contributed by atoms with Crippen LogP contribution in [0.2, 0.25) is 0 Å². The largest absolute Gasteiger partial charge is 0.486 e. The maximum atomic E-state index is 12.8. The number of carbonyl (C=O) groups is 1. The van der Waals surface area contributed by atoms with Gasteiger partial charge in [-0.25, -0.2) is 8.42 Å². The summed E-state index contributed by atoms with van der Waals surface area (Å²) in [7, 11) is -3.87. The number of sulfonamides is 1. The normalized spacial score (nSPS) is 22.3. The third kappa shape index (κ3) is 2.64. The van der Waals surface area contributed by atoms with E-state index in [4.69, 9.17) is 9.47 Å². The van der Waals surface area contributed by atoms with Crippen molar-refractivity contribution in [1.29, 1.82) is 0 Å². The van der Waals surface area contributed by atoms with Crippen molar-refractivity contribution in [3.63, 3.8) is 0 Å². The van der Waals surface area contributed by atoms with E-state index in [-0.39, 0.29) is 11.4 Å². The number of ether oxygens (including phenoxy) is 2. The van der Waals surface area contributed by atoms with Crippen molar-refractivity contribution in [1.82, 2.24) is 4.31 Å². The minimum absolute atomic E-state index is 0.0323. The molecule has 0 aromatic heterocycles. The van der Waals surface area contributed by atoms with Crippen LogP contribution >= 0.6 is 0 Å². The lowest BCUT2D eigenvalue weighted by Crippen LogP contribution is -2.47. The molecule has 1 aromatic carbocycles. The Hall–Kier alpha value is -1.80. The van der Waals surface area contributed by atoms with E-state index in [0.717, 1.165) is 4.31 Å². The highest BCUT2D eigenvalue weighted by atomic mass is 32.2. The molecular formula is C14H17NO6S. The van der Waals surface area contributed by atoms with E-state index in [1.54, 1.807) is 6.07 Å². The quantitative estimate of drug-likeness (QED) is 0.893. The van der Waals surface area contributed by atoms with Crippen LogP contribution in [0.1, 0.15) is 19.3 Å². The van der Waals surface area contributed by atoms with Crippen LogP contribution in [0.5, 0.6) is 11.5 Å². The molecular weight excluding hydrogens is 310 g/mol. The number of carboxylic acid groups (broad SMARTS) is 1. The van der Waals surface area contributed by atoms with Gasteiger partial charge in [-0.05, 0) is 31.4 Å². The summed E-state index contributed by atoms with van der Waals surface area (Å²) in [4.78, 5) is 11.4. The molecule has 1 saturated heterocycles. The average Bonchev–Trinajstić information content (AvgIpc) is 2.54. The van der Waals surface area contributed by atoms with Gasteiger partial charge in [0.2, 0.25) is 10.0 Å². The van der Waals surface area contributed by atoms with E-state index in [1.807, 2.05) is 0 Å². The van der Waals surface area contributed by atoms with Gasteiger partial charge >= 0.3 is 5.97 Å². The van der Waals surface area contributed by atoms with Crippen LogP contribution in [0.3, 0.4) is 0 Å². The van der Waals surface area contributed by atoms with Gasteiger partial charge in [0.25, 0.3) is 0 Å². The van der Waals surface area contributed by atoms with Gasteiger partial charge in [-0.1, -0.05) is 0 Å². The molecule has 1 aromatic rings. The van der Waals surface area contributed by atoms with Crippen LogP contribution in [0.25, 0.3) is 0 Å². The number of hydrogen-bond acceptors (Lipinski definition) is 5. The van der Waals surface area contributed by atoms with E-state index in [2.05, 4.69) is 0 Å². The number of fused-ring (bicyclic) bond motifs is 1. The molecule has 0 aliphatic carbocycles. The number of hydrogen-bond donors (Lipinski definition) is 1. The van der Waals surface area contributed by atoms with E-state index in [9.17, 15) is 18.3 Å². The molecule has 2 aliphatic rings. The molecule has 1 N–H and O–H groups in total. The molecule has 7 nitrogen and oxygen atoms in total. The number of piperidine rings is 1. The molecule has 120 valence electrons. The lowest BCUT2D eigenvalue weighted by atomic mass is 10.1. The number of rotatable bonds is 3. The van der Waals surface area contributed by atoms with E-state index in [0.29, 0.717) is 44.0 Å². The van der Waals surface area contributed by atoms with Gasteiger partial charge in [0, 0.05) is 12.6 Å². The van der Waals surface area contributed by atoms with Gasteiger partial charge in [0.1, 0.15) is 19.3 Å². The predicted octanol–water partition coefficient (Wildman–Crippen LogP) is 1.09. The van der Waals surface area contributed by atoms with Crippen molar-refractivity contribution in [3.8, 4) is 11.5 Å². The van der Waals surface area contributed by atoms with E-state index in [1.165, 1.54) is 12.1 Å². The van der Waals surface area contributed by atoms with Crippen LogP contribution < -0.4 is 9.47 Å². The highest BCUT2D eigenvalue weighted by Crippen LogP contribution is 2.34. The zero-order valence-corrected chi connectivity index (χ0v) is 12.7. The molecule has 8 heteroatoms. The molecule has 3 rings (SSSR count). The summed E-state index contributed by atoms with van der Waals surface area (Å²) >= 11 is 0. The number of aliphatic carboxylic acids is 1. The second-order valence-electron chi connectivity index (χ2n) is 5.27. The fourth-order valence-corrected chi connectivity index (χ4v) is 4.43. The van der Waals surface area contributed by atoms with Gasteiger partial charge < -0.3 is 14.6 Å². The van der Waals surface area contributed by atoms with Crippen molar-refractivity contribution in [2.24, 2.45) is 0 Å². The van der Waals surface area contributed by atoms with Crippen LogP contribution in [0.4, 0.5) is 0 Å². The molecule has 0 bridgehead atoms. The molecule has 0 amide bonds. The second kappa shape index (κ2) is 5.77. The van der Waals surface area contributed by atoms with Gasteiger partial charge in [0.05, 0.1) is 4.90 Å². The predicted molar refractivity (Wildman–Crippen MR) is 76.6 cm³/mol. The molecule has 0 unspecified atom stereocenters. The molecule has 1 atom stereocenters. The van der Waals surface area contributed by atoms with Crippen LogP contribution in [0.15, 0.2) is 23.1 Å². The number of carboxylic acids is 1. The van der Waals surface area contributed by atoms with Crippen molar-refractivity contribution < 1.29 is 27.8 Å². The van der Waals surface area contributed by atoms with Gasteiger partial charge in [-0.2, -0.15) is 4.31 Å². The van der Waals surface area contributed by atoms with Gasteiger partial charge in [-0.15, -0.1) is 0 Å². The smallest absolute Gasteiger partial charge is 0.322 e. The van der Waals surface area contributed by atoms with Crippen LogP contribution in [-0.2, 0) is 14.8 Å². The zero-order chi connectivity index (χ0) is 15.7. The lowest BCUT2D eigenvalue weighted by molar-refractivity contribution is -0.142. The van der Waals surface area contributed by atoms with Crippen molar-refractivity contribution in [2.75, 3.05) is 19.8 Å². The Labute approximate surface area is 128 Å². The second-order valence-corrected chi connectivity index (χ2v) is 7.16. The Morgan fingerprint density at radius 1 is 1.18 bits per heavy atom. The molecule has 0 saturated carbocycles. The average molecular weight is 327 g/mol.